The molecule has 3 rings (SSSR count). The molecular weight excluding hydrogens is 426 g/mol. The lowest BCUT2D eigenvalue weighted by molar-refractivity contribution is -0.140. The van der Waals surface area contributed by atoms with Crippen molar-refractivity contribution in [3.05, 3.63) is 58.7 Å². The van der Waals surface area contributed by atoms with Gasteiger partial charge >= 0.3 is 0 Å². The lowest BCUT2D eigenvalue weighted by Crippen LogP contribution is -2.31. The number of aryl methyl sites for hydroxylation is 1. The summed E-state index contributed by atoms with van der Waals surface area (Å²) in [5.74, 6) is -0.0203. The van der Waals surface area contributed by atoms with Gasteiger partial charge in [0.1, 0.15) is 11.5 Å². The summed E-state index contributed by atoms with van der Waals surface area (Å²) in [6.07, 6.45) is 0.537. The number of Topliss-reactive ketones (excluding diaryl/α,β-unsaturated/α-hetero) is 1. The van der Waals surface area contributed by atoms with Gasteiger partial charge in [0.2, 0.25) is 0 Å². The zero-order valence-electron chi connectivity index (χ0n) is 19.5. The number of likely N-dealkylation sites (tertiary alicyclic amines) is 1. The van der Waals surface area contributed by atoms with E-state index >= 15 is 0 Å². The monoisotopic (exact) mass is 455 g/mol. The van der Waals surface area contributed by atoms with E-state index in [1.165, 1.54) is 19.1 Å². The number of nitrogens with zero attached hydrogens (tertiary/aromatic N) is 1. The van der Waals surface area contributed by atoms with Crippen molar-refractivity contribution in [2.75, 3.05) is 41.6 Å². The summed E-state index contributed by atoms with van der Waals surface area (Å²) < 4.78 is 21.1. The average molecular weight is 456 g/mol. The van der Waals surface area contributed by atoms with Gasteiger partial charge in [-0.25, -0.2) is 0 Å². The zero-order valence-corrected chi connectivity index (χ0v) is 19.5. The van der Waals surface area contributed by atoms with Crippen molar-refractivity contribution in [3.63, 3.8) is 0 Å². The number of benzene rings is 2. The van der Waals surface area contributed by atoms with E-state index < -0.39 is 17.7 Å². The molecule has 2 aromatic rings. The minimum Gasteiger partial charge on any atom is -0.507 e. The van der Waals surface area contributed by atoms with E-state index in [9.17, 15) is 14.7 Å². The van der Waals surface area contributed by atoms with Gasteiger partial charge < -0.3 is 29.0 Å². The Kier molecular flexibility index (Phi) is 7.60. The molecule has 2 aromatic carbocycles. The number of aliphatic hydroxyl groups excluding tert-OH is 1. The van der Waals surface area contributed by atoms with Crippen LogP contribution in [0.2, 0.25) is 0 Å². The first-order valence-electron chi connectivity index (χ1n) is 10.5. The van der Waals surface area contributed by atoms with Gasteiger partial charge in [-0.3, -0.25) is 9.59 Å². The third-order valence-electron chi connectivity index (χ3n) is 5.68. The quantitative estimate of drug-likeness (QED) is 0.268. The highest BCUT2D eigenvalue weighted by Crippen LogP contribution is 2.42. The lowest BCUT2D eigenvalue weighted by Gasteiger charge is -2.26. The number of hydrogen-bond donors (Lipinski definition) is 1. The first kappa shape index (κ1) is 24.1. The average Bonchev–Trinajstić information content (AvgIpc) is 3.08. The van der Waals surface area contributed by atoms with Crippen molar-refractivity contribution >= 4 is 17.4 Å². The molecule has 176 valence electrons. The number of hydrogen-bond acceptors (Lipinski definition) is 7. The summed E-state index contributed by atoms with van der Waals surface area (Å²) in [4.78, 5) is 27.6. The molecule has 8 heteroatoms. The van der Waals surface area contributed by atoms with E-state index in [0.29, 0.717) is 41.4 Å². The Morgan fingerprint density at radius 2 is 1.61 bits per heavy atom. The molecule has 0 bridgehead atoms. The molecule has 0 aliphatic carbocycles. The predicted octanol–water partition coefficient (Wildman–Crippen LogP) is 3.48. The highest BCUT2D eigenvalue weighted by atomic mass is 16.5. The summed E-state index contributed by atoms with van der Waals surface area (Å²) in [5.41, 5.74) is 1.86. The number of ketones is 1. The third kappa shape index (κ3) is 4.66. The number of carbonyl (C=O) groups excluding carboxylic acids is 2. The molecule has 8 nitrogen and oxygen atoms in total. The van der Waals surface area contributed by atoms with Gasteiger partial charge in [0, 0.05) is 25.8 Å². The van der Waals surface area contributed by atoms with Crippen LogP contribution in [-0.4, -0.2) is 63.3 Å². The third-order valence-corrected chi connectivity index (χ3v) is 5.68. The number of amides is 1. The van der Waals surface area contributed by atoms with Crippen molar-refractivity contribution in [3.8, 4) is 17.2 Å². The van der Waals surface area contributed by atoms with E-state index in [-0.39, 0.29) is 17.9 Å². The molecule has 1 heterocycles. The van der Waals surface area contributed by atoms with Crippen molar-refractivity contribution in [1.82, 2.24) is 4.90 Å². The van der Waals surface area contributed by atoms with Gasteiger partial charge in [-0.2, -0.15) is 0 Å². The second-order valence-corrected chi connectivity index (χ2v) is 7.64. The molecule has 0 unspecified atom stereocenters. The van der Waals surface area contributed by atoms with Crippen LogP contribution in [0.3, 0.4) is 0 Å². The van der Waals surface area contributed by atoms with Crippen LogP contribution in [0.5, 0.6) is 17.2 Å². The first-order valence-corrected chi connectivity index (χ1v) is 10.5. The van der Waals surface area contributed by atoms with E-state index in [2.05, 4.69) is 0 Å². The summed E-state index contributed by atoms with van der Waals surface area (Å²) in [6, 6.07) is 9.48. The largest absolute Gasteiger partial charge is 0.507 e. The Hall–Kier alpha value is -3.52. The number of methoxy groups -OCH3 is 4. The van der Waals surface area contributed by atoms with Crippen molar-refractivity contribution in [2.24, 2.45) is 0 Å². The first-order chi connectivity index (χ1) is 15.9. The van der Waals surface area contributed by atoms with Gasteiger partial charge in [-0.15, -0.1) is 0 Å². The van der Waals surface area contributed by atoms with Crippen LogP contribution in [0.25, 0.3) is 5.76 Å². The molecule has 1 amide bonds. The summed E-state index contributed by atoms with van der Waals surface area (Å²) in [6.45, 7) is 2.56. The maximum absolute atomic E-state index is 13.1. The fourth-order valence-corrected chi connectivity index (χ4v) is 4.04. The Labute approximate surface area is 193 Å². The fourth-order valence-electron chi connectivity index (χ4n) is 4.04. The molecule has 33 heavy (non-hydrogen) atoms. The number of ether oxygens (including phenoxy) is 4. The normalized spacial score (nSPS) is 17.4. The standard InChI is InChI=1S/C25H29NO7/c1-15-13-17(8-9-18(15)31-3)23(27)21-22(16-7-10-19(32-4)20(14-16)33-5)26(11-6-12-30-2)25(29)24(21)28/h7-10,13-14,22,27H,6,11-12H2,1-5H3/t22-/m0/s1. The van der Waals surface area contributed by atoms with Crippen LogP contribution in [0, 0.1) is 6.92 Å². The SMILES string of the molecule is COCCCN1C(=O)C(=O)C(=C(O)c2ccc(OC)c(C)c2)[C@@H]1c1ccc(OC)c(OC)c1. The number of aliphatic hydroxyl groups is 1. The molecule has 0 spiro atoms. The van der Waals surface area contributed by atoms with Gasteiger partial charge in [0.25, 0.3) is 11.7 Å². The molecule has 0 saturated carbocycles. The molecule has 0 radical (unpaired) electrons. The second-order valence-electron chi connectivity index (χ2n) is 7.64. The Morgan fingerprint density at radius 1 is 0.939 bits per heavy atom. The Morgan fingerprint density at radius 3 is 2.21 bits per heavy atom. The van der Waals surface area contributed by atoms with Gasteiger partial charge in [0.05, 0.1) is 32.9 Å². The minimum atomic E-state index is -0.788. The van der Waals surface area contributed by atoms with E-state index in [0.717, 1.165) is 5.56 Å². The van der Waals surface area contributed by atoms with E-state index in [1.807, 2.05) is 6.92 Å². The van der Waals surface area contributed by atoms with Crippen molar-refractivity contribution < 1.29 is 33.6 Å². The summed E-state index contributed by atoms with van der Waals surface area (Å²) in [7, 11) is 6.17. The Bertz CT molecular complexity index is 1080. The van der Waals surface area contributed by atoms with Crippen LogP contribution in [0.4, 0.5) is 0 Å². The molecule has 1 N–H and O–H groups in total. The van der Waals surface area contributed by atoms with Crippen LogP contribution < -0.4 is 14.2 Å². The minimum absolute atomic E-state index is 0.0224. The number of rotatable bonds is 9. The zero-order chi connectivity index (χ0) is 24.1. The van der Waals surface area contributed by atoms with Gasteiger partial charge in [-0.1, -0.05) is 6.07 Å². The summed E-state index contributed by atoms with van der Waals surface area (Å²) in [5, 5.41) is 11.2. The predicted molar refractivity (Wildman–Crippen MR) is 123 cm³/mol. The van der Waals surface area contributed by atoms with Gasteiger partial charge in [0.15, 0.2) is 11.5 Å². The van der Waals surface area contributed by atoms with Crippen LogP contribution in [0.15, 0.2) is 42.0 Å². The van der Waals surface area contributed by atoms with Crippen LogP contribution in [-0.2, 0) is 14.3 Å². The van der Waals surface area contributed by atoms with Crippen molar-refractivity contribution in [2.45, 2.75) is 19.4 Å². The highest BCUT2D eigenvalue weighted by Gasteiger charge is 2.46. The Balaban J connectivity index is 2.17. The number of carbonyl (C=O) groups is 2. The van der Waals surface area contributed by atoms with Crippen molar-refractivity contribution in [1.29, 1.82) is 0 Å². The van der Waals surface area contributed by atoms with Crippen LogP contribution in [0.1, 0.15) is 29.2 Å². The second kappa shape index (κ2) is 10.4. The molecule has 1 aliphatic rings. The maximum Gasteiger partial charge on any atom is 0.295 e. The lowest BCUT2D eigenvalue weighted by atomic mass is 9.94. The molecular formula is C25H29NO7. The van der Waals surface area contributed by atoms with Crippen LogP contribution >= 0.6 is 0 Å². The molecule has 1 saturated heterocycles. The van der Waals surface area contributed by atoms with E-state index in [1.54, 1.807) is 50.6 Å². The molecule has 1 atom stereocenters. The smallest absolute Gasteiger partial charge is 0.295 e. The molecule has 1 fully saturated rings. The molecule has 0 aromatic heterocycles. The highest BCUT2D eigenvalue weighted by molar-refractivity contribution is 6.46. The topological polar surface area (TPSA) is 94.5 Å². The summed E-state index contributed by atoms with van der Waals surface area (Å²) >= 11 is 0. The fraction of sp³-hybridized carbons (Fsp3) is 0.360. The molecule has 1 aliphatic heterocycles. The van der Waals surface area contributed by atoms with Gasteiger partial charge in [-0.05, 0) is 54.8 Å². The van der Waals surface area contributed by atoms with E-state index in [4.69, 9.17) is 18.9 Å². The maximum atomic E-state index is 13.1.